The summed E-state index contributed by atoms with van der Waals surface area (Å²) in [6.07, 6.45) is 0.744. The van der Waals surface area contributed by atoms with Crippen LogP contribution in [-0.4, -0.2) is 54.4 Å². The van der Waals surface area contributed by atoms with Crippen molar-refractivity contribution >= 4 is 10.0 Å². The summed E-state index contributed by atoms with van der Waals surface area (Å²) in [5.74, 6) is 0.692. The molecule has 1 spiro atoms. The third-order valence-corrected chi connectivity index (χ3v) is 8.08. The van der Waals surface area contributed by atoms with Crippen molar-refractivity contribution in [1.82, 2.24) is 19.3 Å². The molecule has 1 aromatic heterocycles. The summed E-state index contributed by atoms with van der Waals surface area (Å²) in [6.45, 7) is 3.16. The van der Waals surface area contributed by atoms with Crippen LogP contribution in [0.2, 0.25) is 0 Å². The average Bonchev–Trinajstić information content (AvgIpc) is 3.34. The summed E-state index contributed by atoms with van der Waals surface area (Å²) in [6, 6.07) is 13.5. The minimum Gasteiger partial charge on any atom is -0.337 e. The highest BCUT2D eigenvalue weighted by Crippen LogP contribution is 2.49. The fourth-order valence-corrected chi connectivity index (χ4v) is 6.40. The Labute approximate surface area is 180 Å². The van der Waals surface area contributed by atoms with Gasteiger partial charge in [0.05, 0.1) is 10.9 Å². The van der Waals surface area contributed by atoms with Crippen molar-refractivity contribution in [3.63, 3.8) is 0 Å². The van der Waals surface area contributed by atoms with E-state index in [2.05, 4.69) is 15.0 Å². The highest BCUT2D eigenvalue weighted by Gasteiger charge is 2.55. The van der Waals surface area contributed by atoms with Crippen LogP contribution in [0, 0.1) is 18.2 Å². The van der Waals surface area contributed by atoms with Gasteiger partial charge in [0, 0.05) is 30.6 Å². The van der Waals surface area contributed by atoms with E-state index in [-0.39, 0.29) is 16.4 Å². The number of hydrogen-bond acceptors (Lipinski definition) is 6. The number of benzene rings is 2. The molecule has 1 unspecified atom stereocenters. The largest absolute Gasteiger partial charge is 0.337 e. The van der Waals surface area contributed by atoms with Crippen LogP contribution in [0.1, 0.15) is 23.9 Å². The summed E-state index contributed by atoms with van der Waals surface area (Å²) in [5.41, 5.74) is 1.06. The Morgan fingerprint density at radius 1 is 1.13 bits per heavy atom. The number of rotatable bonds is 4. The smallest absolute Gasteiger partial charge is 0.244 e. The van der Waals surface area contributed by atoms with Crippen molar-refractivity contribution in [2.24, 2.45) is 5.41 Å². The van der Waals surface area contributed by atoms with Gasteiger partial charge in [0.2, 0.25) is 21.7 Å². The number of sulfonamides is 1. The van der Waals surface area contributed by atoms with E-state index in [9.17, 15) is 12.8 Å². The third kappa shape index (κ3) is 3.46. The molecule has 2 aliphatic heterocycles. The topological polar surface area (TPSA) is 79.5 Å². The molecular formula is C22H23FN4O3S. The number of aryl methyl sites for hydroxylation is 1. The lowest BCUT2D eigenvalue weighted by Gasteiger charge is -2.46. The first kappa shape index (κ1) is 20.3. The van der Waals surface area contributed by atoms with E-state index in [1.54, 1.807) is 6.92 Å². The Bertz CT molecular complexity index is 1220. The normalized spacial score (nSPS) is 21.5. The van der Waals surface area contributed by atoms with Gasteiger partial charge in [-0.3, -0.25) is 4.90 Å². The first-order valence-corrected chi connectivity index (χ1v) is 11.6. The molecule has 0 radical (unpaired) electrons. The fraction of sp³-hybridized carbons (Fsp3) is 0.364. The van der Waals surface area contributed by atoms with Gasteiger partial charge in [-0.2, -0.15) is 9.29 Å². The predicted octanol–water partition coefficient (Wildman–Crippen LogP) is 3.25. The van der Waals surface area contributed by atoms with Crippen LogP contribution in [0.4, 0.5) is 4.39 Å². The lowest BCUT2D eigenvalue weighted by Crippen LogP contribution is -2.59. The Morgan fingerprint density at radius 3 is 2.58 bits per heavy atom. The molecule has 0 aliphatic carbocycles. The summed E-state index contributed by atoms with van der Waals surface area (Å²) >= 11 is 0. The van der Waals surface area contributed by atoms with Crippen LogP contribution >= 0.6 is 0 Å². The van der Waals surface area contributed by atoms with Crippen LogP contribution < -0.4 is 0 Å². The monoisotopic (exact) mass is 442 g/mol. The third-order valence-electron chi connectivity index (χ3n) is 6.29. The van der Waals surface area contributed by atoms with E-state index in [1.807, 2.05) is 37.4 Å². The van der Waals surface area contributed by atoms with Gasteiger partial charge in [0.1, 0.15) is 5.82 Å². The van der Waals surface area contributed by atoms with E-state index < -0.39 is 15.8 Å². The number of hydrogen-bond donors (Lipinski definition) is 0. The molecule has 0 N–H and O–H groups in total. The summed E-state index contributed by atoms with van der Waals surface area (Å²) in [4.78, 5) is 6.86. The minimum absolute atomic E-state index is 0.0529. The van der Waals surface area contributed by atoms with Crippen LogP contribution in [0.3, 0.4) is 0 Å². The van der Waals surface area contributed by atoms with Crippen molar-refractivity contribution in [2.75, 3.05) is 26.7 Å². The maximum absolute atomic E-state index is 13.5. The second-order valence-corrected chi connectivity index (χ2v) is 10.6. The first-order valence-electron chi connectivity index (χ1n) is 10.1. The molecule has 3 heterocycles. The van der Waals surface area contributed by atoms with Crippen molar-refractivity contribution in [3.8, 4) is 11.4 Å². The van der Waals surface area contributed by atoms with Crippen LogP contribution in [0.5, 0.6) is 0 Å². The first-order chi connectivity index (χ1) is 14.8. The Morgan fingerprint density at radius 2 is 1.87 bits per heavy atom. The molecule has 31 heavy (non-hydrogen) atoms. The van der Waals surface area contributed by atoms with E-state index >= 15 is 0 Å². The SMILES string of the molecule is Cc1cc(S(=O)(=O)N2CC3(CC(c4nc(-c5ccccc5)no4)N(C)C3)C2)ccc1F. The van der Waals surface area contributed by atoms with Gasteiger partial charge in [0.25, 0.3) is 0 Å². The highest BCUT2D eigenvalue weighted by atomic mass is 32.2. The Kier molecular flexibility index (Phi) is 4.72. The maximum Gasteiger partial charge on any atom is 0.244 e. The standard InChI is InChI=1S/C22H23FN4O3S/c1-15-10-17(8-9-18(15)23)31(28,29)27-13-22(14-27)11-19(26(2)12-22)21-24-20(25-30-21)16-6-4-3-5-7-16/h3-10,19H,11-14H2,1-2H3. The lowest BCUT2D eigenvalue weighted by molar-refractivity contribution is 0.0808. The van der Waals surface area contributed by atoms with Crippen molar-refractivity contribution in [3.05, 3.63) is 65.8 Å². The number of aromatic nitrogens is 2. The number of halogens is 1. The van der Waals surface area contributed by atoms with Crippen molar-refractivity contribution in [1.29, 1.82) is 0 Å². The van der Waals surface area contributed by atoms with Gasteiger partial charge in [-0.25, -0.2) is 12.8 Å². The minimum atomic E-state index is -3.64. The van der Waals surface area contributed by atoms with Crippen molar-refractivity contribution in [2.45, 2.75) is 24.3 Å². The Balaban J connectivity index is 1.31. The molecular weight excluding hydrogens is 419 g/mol. The van der Waals surface area contributed by atoms with Gasteiger partial charge >= 0.3 is 0 Å². The van der Waals surface area contributed by atoms with Crippen LogP contribution in [-0.2, 0) is 10.0 Å². The zero-order chi connectivity index (χ0) is 21.8. The van der Waals surface area contributed by atoms with E-state index in [1.165, 1.54) is 22.5 Å². The molecule has 2 aliphatic rings. The van der Waals surface area contributed by atoms with Gasteiger partial charge < -0.3 is 4.52 Å². The highest BCUT2D eigenvalue weighted by molar-refractivity contribution is 7.89. The van der Waals surface area contributed by atoms with Crippen LogP contribution in [0.15, 0.2) is 57.9 Å². The zero-order valence-corrected chi connectivity index (χ0v) is 18.1. The summed E-state index contributed by atoms with van der Waals surface area (Å²) < 4.78 is 46.5. The molecule has 7 nitrogen and oxygen atoms in total. The fourth-order valence-electron chi connectivity index (χ4n) is 4.65. The lowest BCUT2D eigenvalue weighted by atomic mass is 9.79. The molecule has 2 saturated heterocycles. The number of nitrogens with zero attached hydrogens (tertiary/aromatic N) is 4. The van der Waals surface area contributed by atoms with E-state index in [4.69, 9.17) is 4.52 Å². The number of likely N-dealkylation sites (tertiary alicyclic amines) is 1. The molecule has 9 heteroatoms. The second kappa shape index (κ2) is 7.22. The molecule has 0 amide bonds. The molecule has 5 rings (SSSR count). The van der Waals surface area contributed by atoms with E-state index in [0.29, 0.717) is 30.4 Å². The van der Waals surface area contributed by atoms with E-state index in [0.717, 1.165) is 18.5 Å². The molecule has 162 valence electrons. The summed E-state index contributed by atoms with van der Waals surface area (Å²) in [7, 11) is -1.65. The quantitative estimate of drug-likeness (QED) is 0.617. The molecule has 0 saturated carbocycles. The van der Waals surface area contributed by atoms with Crippen LogP contribution in [0.25, 0.3) is 11.4 Å². The molecule has 2 aromatic carbocycles. The second-order valence-electron chi connectivity index (χ2n) is 8.64. The van der Waals surface area contributed by atoms with Gasteiger partial charge in [-0.1, -0.05) is 35.5 Å². The zero-order valence-electron chi connectivity index (χ0n) is 17.3. The molecule has 2 fully saturated rings. The molecule has 1 atom stereocenters. The average molecular weight is 443 g/mol. The predicted molar refractivity (Wildman–Crippen MR) is 112 cm³/mol. The van der Waals surface area contributed by atoms with Gasteiger partial charge in [-0.15, -0.1) is 0 Å². The maximum atomic E-state index is 13.5. The summed E-state index contributed by atoms with van der Waals surface area (Å²) in [5, 5.41) is 4.12. The van der Waals surface area contributed by atoms with Crippen molar-refractivity contribution < 1.29 is 17.3 Å². The van der Waals surface area contributed by atoms with Gasteiger partial charge in [0.15, 0.2) is 0 Å². The van der Waals surface area contributed by atoms with Gasteiger partial charge in [-0.05, 0) is 44.2 Å². The molecule has 3 aromatic rings. The molecule has 0 bridgehead atoms. The Hall–Kier alpha value is -2.62.